The van der Waals surface area contributed by atoms with Crippen molar-refractivity contribution in [1.29, 1.82) is 0 Å². The Hall–Kier alpha value is -3.06. The van der Waals surface area contributed by atoms with Crippen molar-refractivity contribution in [3.05, 3.63) is 76.7 Å². The second kappa shape index (κ2) is 7.45. The second-order valence-electron chi connectivity index (χ2n) is 5.40. The van der Waals surface area contributed by atoms with Crippen LogP contribution < -0.4 is 10.6 Å². The van der Waals surface area contributed by atoms with Gasteiger partial charge in [0.15, 0.2) is 0 Å². The lowest BCUT2D eigenvalue weighted by Gasteiger charge is -2.10. The van der Waals surface area contributed by atoms with Crippen LogP contribution in [0.2, 0.25) is 5.02 Å². The van der Waals surface area contributed by atoms with Gasteiger partial charge in [-0.15, -0.1) is 0 Å². The Labute approximate surface area is 153 Å². The monoisotopic (exact) mass is 374 g/mol. The molecule has 3 rings (SSSR count). The first-order valence-corrected chi connectivity index (χ1v) is 7.92. The molecule has 1 amide bonds. The Kier molecular flexibility index (Phi) is 5.09. The molecule has 2 N–H and O–H groups in total. The first-order valence-electron chi connectivity index (χ1n) is 7.54. The zero-order chi connectivity index (χ0) is 18.7. The normalized spacial score (nSPS) is 10.5. The summed E-state index contributed by atoms with van der Waals surface area (Å²) in [5, 5.41) is 5.91. The number of anilines is 3. The van der Waals surface area contributed by atoms with E-state index in [0.717, 1.165) is 17.7 Å². The lowest BCUT2D eigenvalue weighted by atomic mass is 10.2. The van der Waals surface area contributed by atoms with Crippen LogP contribution in [0.25, 0.3) is 0 Å². The molecule has 0 aliphatic heterocycles. The van der Waals surface area contributed by atoms with Crippen molar-refractivity contribution in [2.45, 2.75) is 6.92 Å². The Morgan fingerprint density at radius 3 is 2.58 bits per heavy atom. The van der Waals surface area contributed by atoms with Crippen LogP contribution in [-0.4, -0.2) is 15.9 Å². The molecule has 26 heavy (non-hydrogen) atoms. The Balaban J connectivity index is 1.72. The number of hydrogen-bond donors (Lipinski definition) is 2. The Morgan fingerprint density at radius 2 is 1.88 bits per heavy atom. The summed E-state index contributed by atoms with van der Waals surface area (Å²) in [6, 6.07) is 8.29. The fourth-order valence-electron chi connectivity index (χ4n) is 2.17. The molecule has 0 radical (unpaired) electrons. The number of nitrogens with one attached hydrogen (secondary N) is 2. The number of benzene rings is 2. The van der Waals surface area contributed by atoms with Crippen LogP contribution in [0.5, 0.6) is 0 Å². The first kappa shape index (κ1) is 17.8. The molecule has 0 saturated carbocycles. The molecule has 132 valence electrons. The average Bonchev–Trinajstić information content (AvgIpc) is 2.62. The van der Waals surface area contributed by atoms with Crippen molar-refractivity contribution in [2.24, 2.45) is 0 Å². The molecule has 0 fully saturated rings. The van der Waals surface area contributed by atoms with E-state index in [1.807, 2.05) is 0 Å². The van der Waals surface area contributed by atoms with Gasteiger partial charge in [0.1, 0.15) is 23.1 Å². The van der Waals surface area contributed by atoms with Gasteiger partial charge in [-0.2, -0.15) is 0 Å². The van der Waals surface area contributed by atoms with Crippen molar-refractivity contribution in [1.82, 2.24) is 9.97 Å². The predicted molar refractivity (Wildman–Crippen MR) is 95.8 cm³/mol. The van der Waals surface area contributed by atoms with E-state index in [1.54, 1.807) is 25.1 Å². The van der Waals surface area contributed by atoms with Gasteiger partial charge in [-0.3, -0.25) is 4.79 Å². The Morgan fingerprint density at radius 1 is 1.08 bits per heavy atom. The number of carbonyl (C=O) groups excluding carboxylic acids is 1. The van der Waals surface area contributed by atoms with E-state index in [-0.39, 0.29) is 17.2 Å². The minimum Gasteiger partial charge on any atom is -0.337 e. The molecule has 0 spiro atoms. The smallest absolute Gasteiger partial charge is 0.275 e. The number of amides is 1. The maximum absolute atomic E-state index is 13.6. The molecule has 0 unspecified atom stereocenters. The van der Waals surface area contributed by atoms with Crippen molar-refractivity contribution in [2.75, 3.05) is 10.6 Å². The largest absolute Gasteiger partial charge is 0.337 e. The summed E-state index contributed by atoms with van der Waals surface area (Å²) < 4.78 is 26.5. The number of carbonyl (C=O) groups is 1. The van der Waals surface area contributed by atoms with Gasteiger partial charge in [-0.25, -0.2) is 18.7 Å². The van der Waals surface area contributed by atoms with Gasteiger partial charge in [0.25, 0.3) is 5.91 Å². The number of rotatable bonds is 4. The summed E-state index contributed by atoms with van der Waals surface area (Å²) in [6.07, 6.45) is 2.53. The maximum atomic E-state index is 13.6. The number of halogens is 3. The van der Waals surface area contributed by atoms with Gasteiger partial charge < -0.3 is 10.6 Å². The van der Waals surface area contributed by atoms with Crippen molar-refractivity contribution >= 4 is 34.7 Å². The minimum absolute atomic E-state index is 0.0486. The summed E-state index contributed by atoms with van der Waals surface area (Å²) in [4.78, 5) is 20.3. The van der Waals surface area contributed by atoms with Crippen LogP contribution in [0.3, 0.4) is 0 Å². The van der Waals surface area contributed by atoms with Gasteiger partial charge >= 0.3 is 0 Å². The third-order valence-electron chi connectivity index (χ3n) is 3.59. The molecule has 0 bridgehead atoms. The quantitative estimate of drug-likeness (QED) is 0.694. The Bertz CT molecular complexity index is 964. The zero-order valence-electron chi connectivity index (χ0n) is 13.6. The van der Waals surface area contributed by atoms with Crippen LogP contribution in [0.15, 0.2) is 48.8 Å². The van der Waals surface area contributed by atoms with Crippen LogP contribution in [0.1, 0.15) is 16.1 Å². The minimum atomic E-state index is -0.759. The van der Waals surface area contributed by atoms with E-state index in [2.05, 4.69) is 20.6 Å². The van der Waals surface area contributed by atoms with E-state index in [4.69, 9.17) is 11.6 Å². The van der Waals surface area contributed by atoms with Gasteiger partial charge in [-0.1, -0.05) is 17.7 Å². The molecular formula is C18H13ClF2N4O. The standard InChI is InChI=1S/C18H13ClF2N4O/c1-10-12(19)3-2-4-14(10)25-18(26)16-8-23-17(9-22-16)24-15-6-5-11(20)7-13(15)21/h2-9H,1H3,(H,23,24)(H,25,26). The summed E-state index contributed by atoms with van der Waals surface area (Å²) in [6.45, 7) is 1.79. The molecule has 1 aromatic heterocycles. The van der Waals surface area contributed by atoms with Crippen molar-refractivity contribution in [3.63, 3.8) is 0 Å². The molecule has 5 nitrogen and oxygen atoms in total. The fraction of sp³-hybridized carbons (Fsp3) is 0.0556. The fourth-order valence-corrected chi connectivity index (χ4v) is 2.34. The molecule has 8 heteroatoms. The molecule has 0 saturated heterocycles. The molecule has 1 heterocycles. The number of aromatic nitrogens is 2. The third kappa shape index (κ3) is 3.94. The summed E-state index contributed by atoms with van der Waals surface area (Å²) >= 11 is 6.02. The summed E-state index contributed by atoms with van der Waals surface area (Å²) in [7, 11) is 0. The van der Waals surface area contributed by atoms with E-state index in [1.165, 1.54) is 18.5 Å². The van der Waals surface area contributed by atoms with Crippen LogP contribution in [-0.2, 0) is 0 Å². The highest BCUT2D eigenvalue weighted by Crippen LogP contribution is 2.23. The molecule has 3 aromatic rings. The van der Waals surface area contributed by atoms with Crippen LogP contribution in [0, 0.1) is 18.6 Å². The van der Waals surface area contributed by atoms with Gasteiger partial charge in [0, 0.05) is 16.8 Å². The van der Waals surface area contributed by atoms with E-state index >= 15 is 0 Å². The third-order valence-corrected chi connectivity index (χ3v) is 4.00. The number of nitrogens with zero attached hydrogens (tertiary/aromatic N) is 2. The molecule has 0 aliphatic rings. The van der Waals surface area contributed by atoms with Gasteiger partial charge in [-0.05, 0) is 36.8 Å². The zero-order valence-corrected chi connectivity index (χ0v) is 14.3. The SMILES string of the molecule is Cc1c(Cl)cccc1NC(=O)c1cnc(Nc2ccc(F)cc2F)cn1. The lowest BCUT2D eigenvalue weighted by Crippen LogP contribution is -2.15. The van der Waals surface area contributed by atoms with E-state index in [9.17, 15) is 13.6 Å². The summed E-state index contributed by atoms with van der Waals surface area (Å²) in [5.74, 6) is -1.68. The first-order chi connectivity index (χ1) is 12.4. The van der Waals surface area contributed by atoms with E-state index in [0.29, 0.717) is 10.7 Å². The molecule has 0 aliphatic carbocycles. The van der Waals surface area contributed by atoms with E-state index < -0.39 is 17.5 Å². The van der Waals surface area contributed by atoms with Gasteiger partial charge in [0.2, 0.25) is 0 Å². The average molecular weight is 375 g/mol. The molecule has 0 atom stereocenters. The maximum Gasteiger partial charge on any atom is 0.275 e. The lowest BCUT2D eigenvalue weighted by molar-refractivity contribution is 0.102. The van der Waals surface area contributed by atoms with Crippen LogP contribution >= 0.6 is 11.6 Å². The van der Waals surface area contributed by atoms with Crippen LogP contribution in [0.4, 0.5) is 26.0 Å². The second-order valence-corrected chi connectivity index (χ2v) is 5.81. The topological polar surface area (TPSA) is 66.9 Å². The highest BCUT2D eigenvalue weighted by molar-refractivity contribution is 6.31. The highest BCUT2D eigenvalue weighted by atomic mass is 35.5. The van der Waals surface area contributed by atoms with Crippen molar-refractivity contribution in [3.8, 4) is 0 Å². The predicted octanol–water partition coefficient (Wildman–Crippen LogP) is 4.71. The highest BCUT2D eigenvalue weighted by Gasteiger charge is 2.12. The van der Waals surface area contributed by atoms with Crippen molar-refractivity contribution < 1.29 is 13.6 Å². The molecular weight excluding hydrogens is 362 g/mol. The molecule has 2 aromatic carbocycles. The van der Waals surface area contributed by atoms with Gasteiger partial charge in [0.05, 0.1) is 18.1 Å². The number of hydrogen-bond acceptors (Lipinski definition) is 4. The summed E-state index contributed by atoms with van der Waals surface area (Å²) in [5.41, 5.74) is 1.43.